The first-order valence-corrected chi connectivity index (χ1v) is 6.84. The van der Waals surface area contributed by atoms with E-state index in [4.69, 9.17) is 0 Å². The summed E-state index contributed by atoms with van der Waals surface area (Å²) in [4.78, 5) is -0.0172. The Morgan fingerprint density at radius 1 is 1.00 bits per heavy atom. The van der Waals surface area contributed by atoms with Crippen LogP contribution in [0.15, 0.2) is 41.3 Å². The molecule has 0 aliphatic heterocycles. The zero-order valence-electron chi connectivity index (χ0n) is 10.2. The van der Waals surface area contributed by atoms with Gasteiger partial charge in [0.05, 0.1) is 4.90 Å². The van der Waals surface area contributed by atoms with Crippen LogP contribution in [0.2, 0.25) is 0 Å². The summed E-state index contributed by atoms with van der Waals surface area (Å²) in [5.74, 6) is -1.59. The summed E-state index contributed by atoms with van der Waals surface area (Å²) < 4.78 is 40.5. The van der Waals surface area contributed by atoms with E-state index in [1.807, 2.05) is 0 Å². The Kier molecular flexibility index (Phi) is 4.37. The van der Waals surface area contributed by atoms with Gasteiger partial charge in [0.25, 0.3) is 0 Å². The van der Waals surface area contributed by atoms with Crippen molar-refractivity contribution in [2.45, 2.75) is 11.4 Å². The van der Waals surface area contributed by atoms with Gasteiger partial charge >= 0.3 is 0 Å². The molecule has 0 bridgehead atoms. The topological polar surface area (TPSA) is 12.0 Å². The largest absolute Gasteiger partial charge is 0.381 e. The van der Waals surface area contributed by atoms with Crippen LogP contribution in [0, 0.1) is 17.5 Å². The number of nitrogens with one attached hydrogen (secondary N) is 1. The molecule has 100 valence electrons. The van der Waals surface area contributed by atoms with E-state index in [1.165, 1.54) is 18.2 Å². The average Bonchev–Trinajstić information content (AvgIpc) is 2.37. The second-order valence-corrected chi connectivity index (χ2v) is 4.73. The van der Waals surface area contributed by atoms with Crippen LogP contribution < -0.4 is 5.32 Å². The van der Waals surface area contributed by atoms with Crippen LogP contribution in [0.3, 0.4) is 0 Å². The number of halogens is 3. The van der Waals surface area contributed by atoms with Gasteiger partial charge in [-0.05, 0) is 24.5 Å². The molecule has 19 heavy (non-hydrogen) atoms. The number of hydrogen-bond donors (Lipinski definition) is 1. The molecule has 0 saturated carbocycles. The van der Waals surface area contributed by atoms with E-state index < -0.39 is 11.6 Å². The number of hydrogen-bond acceptors (Lipinski definition) is 2. The molecule has 0 amide bonds. The molecule has 0 aromatic heterocycles. The molecule has 2 aromatic rings. The van der Waals surface area contributed by atoms with Gasteiger partial charge in [0.15, 0.2) is 0 Å². The number of thioether (sulfide) groups is 1. The van der Waals surface area contributed by atoms with Gasteiger partial charge in [-0.25, -0.2) is 13.2 Å². The highest BCUT2D eigenvalue weighted by molar-refractivity contribution is 7.98. The molecule has 5 heteroatoms. The minimum atomic E-state index is -0.622. The Bertz CT molecular complexity index is 564. The van der Waals surface area contributed by atoms with Gasteiger partial charge in [-0.15, -0.1) is 11.8 Å². The third-order valence-electron chi connectivity index (χ3n) is 2.64. The van der Waals surface area contributed by atoms with Gasteiger partial charge < -0.3 is 5.32 Å². The van der Waals surface area contributed by atoms with Crippen molar-refractivity contribution in [1.29, 1.82) is 0 Å². The first-order valence-electron chi connectivity index (χ1n) is 5.62. The van der Waals surface area contributed by atoms with Crippen LogP contribution >= 0.6 is 11.8 Å². The summed E-state index contributed by atoms with van der Waals surface area (Å²) >= 11 is 1.01. The van der Waals surface area contributed by atoms with E-state index in [-0.39, 0.29) is 22.9 Å². The lowest BCUT2D eigenvalue weighted by atomic mass is 10.2. The lowest BCUT2D eigenvalue weighted by Crippen LogP contribution is -2.03. The van der Waals surface area contributed by atoms with Crippen molar-refractivity contribution >= 4 is 17.4 Å². The Labute approximate surface area is 113 Å². The first-order chi connectivity index (χ1) is 9.11. The molecule has 0 radical (unpaired) electrons. The normalized spacial score (nSPS) is 10.5. The maximum Gasteiger partial charge on any atom is 0.141 e. The molecule has 2 rings (SSSR count). The molecule has 0 fully saturated rings. The number of rotatable bonds is 4. The Morgan fingerprint density at radius 2 is 1.63 bits per heavy atom. The summed E-state index contributed by atoms with van der Waals surface area (Å²) in [6.07, 6.45) is 1.61. The van der Waals surface area contributed by atoms with Gasteiger partial charge in [-0.1, -0.05) is 18.2 Å². The van der Waals surface area contributed by atoms with Crippen molar-refractivity contribution < 1.29 is 13.2 Å². The van der Waals surface area contributed by atoms with Crippen molar-refractivity contribution in [2.75, 3.05) is 11.6 Å². The van der Waals surface area contributed by atoms with Gasteiger partial charge in [-0.2, -0.15) is 0 Å². The fourth-order valence-corrected chi connectivity index (χ4v) is 2.20. The van der Waals surface area contributed by atoms with Crippen molar-refractivity contribution in [3.8, 4) is 0 Å². The highest BCUT2D eigenvalue weighted by Gasteiger charge is 2.10. The molecular weight excluding hydrogens is 271 g/mol. The third-order valence-corrected chi connectivity index (χ3v) is 3.44. The zero-order chi connectivity index (χ0) is 13.8. The van der Waals surface area contributed by atoms with Gasteiger partial charge in [0, 0.05) is 17.8 Å². The summed E-state index contributed by atoms with van der Waals surface area (Å²) in [6.45, 7) is 0.171. The van der Waals surface area contributed by atoms with Crippen molar-refractivity contribution in [1.82, 2.24) is 0 Å². The third kappa shape index (κ3) is 3.23. The zero-order valence-corrected chi connectivity index (χ0v) is 11.0. The van der Waals surface area contributed by atoms with Crippen molar-refractivity contribution in [3.63, 3.8) is 0 Å². The maximum absolute atomic E-state index is 13.5. The lowest BCUT2D eigenvalue weighted by molar-refractivity contribution is 0.541. The van der Waals surface area contributed by atoms with Gasteiger partial charge in [0.2, 0.25) is 0 Å². The summed E-state index contributed by atoms with van der Waals surface area (Å²) in [5.41, 5.74) is 0.730. The van der Waals surface area contributed by atoms with E-state index in [0.717, 1.165) is 11.8 Å². The molecular formula is C14H12F3NS. The lowest BCUT2D eigenvalue weighted by Gasteiger charge is -2.09. The van der Waals surface area contributed by atoms with Crippen LogP contribution in [0.5, 0.6) is 0 Å². The minimum Gasteiger partial charge on any atom is -0.381 e. The maximum atomic E-state index is 13.5. The van der Waals surface area contributed by atoms with Crippen LogP contribution in [-0.4, -0.2) is 6.26 Å². The predicted molar refractivity (Wildman–Crippen MR) is 71.9 cm³/mol. The Balaban J connectivity index is 2.15. The average molecular weight is 283 g/mol. The van der Waals surface area contributed by atoms with E-state index >= 15 is 0 Å². The van der Waals surface area contributed by atoms with Crippen LogP contribution in [0.1, 0.15) is 5.56 Å². The van der Waals surface area contributed by atoms with Gasteiger partial charge in [-0.3, -0.25) is 0 Å². The highest BCUT2D eigenvalue weighted by Crippen LogP contribution is 2.26. The molecule has 2 aromatic carbocycles. The van der Waals surface area contributed by atoms with E-state index in [1.54, 1.807) is 24.5 Å². The predicted octanol–water partition coefficient (Wildman–Crippen LogP) is 4.44. The summed E-state index contributed by atoms with van der Waals surface area (Å²) in [6, 6.07) is 8.66. The second kappa shape index (κ2) is 6.02. The second-order valence-electron chi connectivity index (χ2n) is 3.92. The fraction of sp³-hybridized carbons (Fsp3) is 0.143. The van der Waals surface area contributed by atoms with Gasteiger partial charge in [0.1, 0.15) is 17.5 Å². The quantitative estimate of drug-likeness (QED) is 0.833. The standard InChI is InChI=1S/C14H12F3NS/c1-19-14-12(16)6-10(7-13(14)17)18-8-9-4-2-3-5-11(9)15/h2-7,18H,8H2,1H3. The molecule has 0 aliphatic carbocycles. The van der Waals surface area contributed by atoms with Crippen molar-refractivity contribution in [2.24, 2.45) is 0 Å². The SMILES string of the molecule is CSc1c(F)cc(NCc2ccccc2F)cc1F. The molecule has 0 unspecified atom stereocenters. The molecule has 0 atom stereocenters. The van der Waals surface area contributed by atoms with Crippen molar-refractivity contribution in [3.05, 3.63) is 59.4 Å². The summed E-state index contributed by atoms with van der Waals surface area (Å²) in [7, 11) is 0. The highest BCUT2D eigenvalue weighted by atomic mass is 32.2. The van der Waals surface area contributed by atoms with E-state index in [0.29, 0.717) is 5.56 Å². The molecule has 0 aliphatic rings. The van der Waals surface area contributed by atoms with E-state index in [2.05, 4.69) is 5.32 Å². The van der Waals surface area contributed by atoms with E-state index in [9.17, 15) is 13.2 Å². The smallest absolute Gasteiger partial charge is 0.141 e. The first kappa shape index (κ1) is 13.8. The number of anilines is 1. The molecule has 0 spiro atoms. The minimum absolute atomic E-state index is 0.0172. The molecule has 0 heterocycles. The van der Waals surface area contributed by atoms with Crippen LogP contribution in [0.4, 0.5) is 18.9 Å². The fourth-order valence-electron chi connectivity index (χ4n) is 1.70. The van der Waals surface area contributed by atoms with Crippen LogP contribution in [-0.2, 0) is 6.54 Å². The monoisotopic (exact) mass is 283 g/mol. The molecule has 1 N–H and O–H groups in total. The molecule has 0 saturated heterocycles. The Morgan fingerprint density at radius 3 is 2.21 bits per heavy atom. The van der Waals surface area contributed by atoms with Crippen LogP contribution in [0.25, 0.3) is 0 Å². The molecule has 1 nitrogen and oxygen atoms in total. The Hall–Kier alpha value is -1.62. The number of benzene rings is 2. The summed E-state index contributed by atoms with van der Waals surface area (Å²) in [5, 5.41) is 2.81.